The smallest absolute Gasteiger partial charge is 0.0459 e. The molecule has 3 heteroatoms. The van der Waals surface area contributed by atoms with Gasteiger partial charge in [0.1, 0.15) is 0 Å². The van der Waals surface area contributed by atoms with Gasteiger partial charge in [0, 0.05) is 38.3 Å². The van der Waals surface area contributed by atoms with Crippen molar-refractivity contribution in [2.45, 2.75) is 31.8 Å². The molecule has 1 saturated heterocycles. The summed E-state index contributed by atoms with van der Waals surface area (Å²) in [4.78, 5) is 5.18. The van der Waals surface area contributed by atoms with Gasteiger partial charge in [-0.2, -0.15) is 0 Å². The van der Waals surface area contributed by atoms with E-state index >= 15 is 0 Å². The maximum atomic E-state index is 6.46. The maximum Gasteiger partial charge on any atom is 0.0459 e. The average molecular weight is 259 g/mol. The maximum absolute atomic E-state index is 6.46. The van der Waals surface area contributed by atoms with Gasteiger partial charge in [-0.25, -0.2) is 0 Å². The van der Waals surface area contributed by atoms with Crippen molar-refractivity contribution in [1.82, 2.24) is 9.80 Å². The lowest BCUT2D eigenvalue weighted by Crippen LogP contribution is -2.52. The molecule has 1 heterocycles. The lowest BCUT2D eigenvalue weighted by molar-refractivity contribution is 0.0895. The number of benzene rings is 1. The molecule has 2 atom stereocenters. The second-order valence-corrected chi connectivity index (χ2v) is 5.87. The first-order valence-corrected chi connectivity index (χ1v) is 7.59. The van der Waals surface area contributed by atoms with E-state index in [0.29, 0.717) is 6.04 Å². The quantitative estimate of drug-likeness (QED) is 0.895. The minimum Gasteiger partial charge on any atom is -0.323 e. The second kappa shape index (κ2) is 5.61. The van der Waals surface area contributed by atoms with Crippen molar-refractivity contribution < 1.29 is 0 Å². The molecule has 1 aromatic rings. The average Bonchev–Trinajstić information content (AvgIpc) is 2.78. The molecule has 0 spiro atoms. The zero-order valence-corrected chi connectivity index (χ0v) is 11.9. The highest BCUT2D eigenvalue weighted by molar-refractivity contribution is 5.36. The van der Waals surface area contributed by atoms with Gasteiger partial charge in [0.15, 0.2) is 0 Å². The topological polar surface area (TPSA) is 32.5 Å². The third-order valence-corrected chi connectivity index (χ3v) is 4.67. The molecule has 0 saturated carbocycles. The van der Waals surface area contributed by atoms with Crippen LogP contribution >= 0.6 is 0 Å². The van der Waals surface area contributed by atoms with Gasteiger partial charge in [-0.3, -0.25) is 4.90 Å². The van der Waals surface area contributed by atoms with Crippen LogP contribution < -0.4 is 5.73 Å². The molecule has 2 aliphatic rings. The highest BCUT2D eigenvalue weighted by Gasteiger charge is 2.34. The van der Waals surface area contributed by atoms with Crippen LogP contribution in [0.25, 0.3) is 0 Å². The minimum atomic E-state index is 0.203. The summed E-state index contributed by atoms with van der Waals surface area (Å²) in [7, 11) is 0. The van der Waals surface area contributed by atoms with Gasteiger partial charge in [0.25, 0.3) is 0 Å². The molecular formula is C16H25N3. The van der Waals surface area contributed by atoms with Crippen LogP contribution in [0.3, 0.4) is 0 Å². The standard InChI is InChI=1S/C16H25N3/c1-2-7-18-8-10-19(11-9-18)15-12-13-5-3-4-6-14(13)16(15)17/h3-6,15-16H,2,7-12,17H2,1H3. The first-order chi connectivity index (χ1) is 9.29. The number of nitrogens with zero attached hydrogens (tertiary/aromatic N) is 2. The molecule has 19 heavy (non-hydrogen) atoms. The van der Waals surface area contributed by atoms with E-state index in [1.54, 1.807) is 0 Å². The van der Waals surface area contributed by atoms with Gasteiger partial charge in [-0.1, -0.05) is 31.2 Å². The number of hydrogen-bond donors (Lipinski definition) is 1. The fourth-order valence-electron chi connectivity index (χ4n) is 3.60. The van der Waals surface area contributed by atoms with Gasteiger partial charge in [-0.15, -0.1) is 0 Å². The van der Waals surface area contributed by atoms with E-state index in [4.69, 9.17) is 5.73 Å². The fourth-order valence-corrected chi connectivity index (χ4v) is 3.60. The summed E-state index contributed by atoms with van der Waals surface area (Å²) in [5.41, 5.74) is 9.28. The summed E-state index contributed by atoms with van der Waals surface area (Å²) < 4.78 is 0. The summed E-state index contributed by atoms with van der Waals surface area (Å²) in [6, 6.07) is 9.40. The molecule has 1 aromatic carbocycles. The number of fused-ring (bicyclic) bond motifs is 1. The molecule has 2 N–H and O–H groups in total. The Morgan fingerprint density at radius 1 is 1.16 bits per heavy atom. The number of hydrogen-bond acceptors (Lipinski definition) is 3. The van der Waals surface area contributed by atoms with Gasteiger partial charge in [0.2, 0.25) is 0 Å². The lowest BCUT2D eigenvalue weighted by atomic mass is 10.1. The first-order valence-electron chi connectivity index (χ1n) is 7.59. The van der Waals surface area contributed by atoms with Crippen molar-refractivity contribution >= 4 is 0 Å². The monoisotopic (exact) mass is 259 g/mol. The molecule has 0 bridgehead atoms. The van der Waals surface area contributed by atoms with Crippen molar-refractivity contribution in [3.05, 3.63) is 35.4 Å². The van der Waals surface area contributed by atoms with Crippen molar-refractivity contribution in [2.24, 2.45) is 5.73 Å². The fraction of sp³-hybridized carbons (Fsp3) is 0.625. The largest absolute Gasteiger partial charge is 0.323 e. The number of rotatable bonds is 3. The highest BCUT2D eigenvalue weighted by Crippen LogP contribution is 2.33. The molecule has 1 fully saturated rings. The first kappa shape index (κ1) is 13.1. The van der Waals surface area contributed by atoms with Crippen molar-refractivity contribution in [3.8, 4) is 0 Å². The Bertz CT molecular complexity index is 424. The summed E-state index contributed by atoms with van der Waals surface area (Å²) >= 11 is 0. The van der Waals surface area contributed by atoms with E-state index in [0.717, 1.165) is 6.42 Å². The predicted octanol–water partition coefficient (Wildman–Crippen LogP) is 1.64. The molecule has 0 aromatic heterocycles. The molecule has 1 aliphatic carbocycles. The van der Waals surface area contributed by atoms with Crippen LogP contribution in [-0.2, 0) is 6.42 Å². The van der Waals surface area contributed by atoms with Crippen molar-refractivity contribution in [1.29, 1.82) is 0 Å². The van der Waals surface area contributed by atoms with Crippen LogP contribution in [0.15, 0.2) is 24.3 Å². The number of piperazine rings is 1. The Morgan fingerprint density at radius 2 is 1.89 bits per heavy atom. The van der Waals surface area contributed by atoms with E-state index < -0.39 is 0 Å². The third-order valence-electron chi connectivity index (χ3n) is 4.67. The van der Waals surface area contributed by atoms with Crippen LogP contribution in [0.4, 0.5) is 0 Å². The molecule has 3 nitrogen and oxygen atoms in total. The molecule has 0 amide bonds. The predicted molar refractivity (Wildman–Crippen MR) is 79.2 cm³/mol. The Balaban J connectivity index is 1.63. The van der Waals surface area contributed by atoms with Gasteiger partial charge < -0.3 is 10.6 Å². The lowest BCUT2D eigenvalue weighted by Gasteiger charge is -2.39. The molecule has 2 unspecified atom stereocenters. The van der Waals surface area contributed by atoms with Gasteiger partial charge >= 0.3 is 0 Å². The third kappa shape index (κ3) is 2.55. The molecule has 104 valence electrons. The summed E-state index contributed by atoms with van der Waals surface area (Å²) in [6.07, 6.45) is 2.39. The molecule has 3 rings (SSSR count). The SMILES string of the molecule is CCCN1CCN(C2Cc3ccccc3C2N)CC1. The van der Waals surface area contributed by atoms with E-state index in [9.17, 15) is 0 Å². The minimum absolute atomic E-state index is 0.203. The van der Waals surface area contributed by atoms with Gasteiger partial charge in [-0.05, 0) is 30.5 Å². The molecule has 0 radical (unpaired) electrons. The van der Waals surface area contributed by atoms with Crippen LogP contribution in [0.2, 0.25) is 0 Å². The Hall–Kier alpha value is -0.900. The van der Waals surface area contributed by atoms with Crippen LogP contribution in [0.1, 0.15) is 30.5 Å². The van der Waals surface area contributed by atoms with Crippen LogP contribution in [0.5, 0.6) is 0 Å². The van der Waals surface area contributed by atoms with E-state index in [1.165, 1.54) is 50.3 Å². The highest BCUT2D eigenvalue weighted by atomic mass is 15.3. The Labute approximate surface area is 116 Å². The normalized spacial score (nSPS) is 28.5. The second-order valence-electron chi connectivity index (χ2n) is 5.87. The van der Waals surface area contributed by atoms with E-state index in [-0.39, 0.29) is 6.04 Å². The summed E-state index contributed by atoms with van der Waals surface area (Å²) in [5.74, 6) is 0. The zero-order valence-electron chi connectivity index (χ0n) is 11.9. The Morgan fingerprint density at radius 3 is 2.58 bits per heavy atom. The summed E-state index contributed by atoms with van der Waals surface area (Å²) in [6.45, 7) is 8.25. The number of nitrogens with two attached hydrogens (primary N) is 1. The van der Waals surface area contributed by atoms with Crippen LogP contribution in [-0.4, -0.2) is 48.6 Å². The van der Waals surface area contributed by atoms with E-state index in [2.05, 4.69) is 41.0 Å². The molecular weight excluding hydrogens is 234 g/mol. The van der Waals surface area contributed by atoms with Crippen molar-refractivity contribution in [2.75, 3.05) is 32.7 Å². The summed E-state index contributed by atoms with van der Waals surface area (Å²) in [5, 5.41) is 0. The zero-order chi connectivity index (χ0) is 13.2. The molecule has 1 aliphatic heterocycles. The van der Waals surface area contributed by atoms with Gasteiger partial charge in [0.05, 0.1) is 0 Å². The Kier molecular flexibility index (Phi) is 3.87. The van der Waals surface area contributed by atoms with E-state index in [1.807, 2.05) is 0 Å². The van der Waals surface area contributed by atoms with Crippen LogP contribution in [0, 0.1) is 0 Å². The van der Waals surface area contributed by atoms with Crippen molar-refractivity contribution in [3.63, 3.8) is 0 Å².